The second-order valence-corrected chi connectivity index (χ2v) is 5.63. The van der Waals surface area contributed by atoms with Crippen LogP contribution in [0.1, 0.15) is 51.7 Å². The summed E-state index contributed by atoms with van der Waals surface area (Å²) in [6.45, 7) is 12.1. The standard InChI is InChI=1S/C17H26N2/c1-6-16(7-2)19(12-13(3)4)17-9-8-15(11-18)14(5)10-17/h8-10,13,16H,6-7,12H2,1-5H3. The molecule has 0 aliphatic heterocycles. The van der Waals surface area contributed by atoms with Crippen LogP contribution in [0.15, 0.2) is 18.2 Å². The molecule has 0 saturated carbocycles. The van der Waals surface area contributed by atoms with Crippen molar-refractivity contribution >= 4 is 5.69 Å². The minimum absolute atomic E-state index is 0.578. The lowest BCUT2D eigenvalue weighted by Crippen LogP contribution is -2.37. The number of hydrogen-bond donors (Lipinski definition) is 0. The first-order valence-corrected chi connectivity index (χ1v) is 7.30. The second-order valence-electron chi connectivity index (χ2n) is 5.63. The highest BCUT2D eigenvalue weighted by atomic mass is 15.2. The number of anilines is 1. The van der Waals surface area contributed by atoms with Crippen molar-refractivity contribution in [1.82, 2.24) is 0 Å². The molecule has 0 fully saturated rings. The Hall–Kier alpha value is -1.49. The van der Waals surface area contributed by atoms with Crippen LogP contribution >= 0.6 is 0 Å². The van der Waals surface area contributed by atoms with E-state index in [2.05, 4.69) is 50.8 Å². The van der Waals surface area contributed by atoms with Gasteiger partial charge < -0.3 is 4.90 Å². The maximum absolute atomic E-state index is 9.03. The van der Waals surface area contributed by atoms with E-state index >= 15 is 0 Å². The minimum Gasteiger partial charge on any atom is -0.368 e. The molecular weight excluding hydrogens is 232 g/mol. The predicted octanol–water partition coefficient (Wildman–Crippen LogP) is 4.52. The summed E-state index contributed by atoms with van der Waals surface area (Å²) in [5.41, 5.74) is 3.09. The molecule has 0 bridgehead atoms. The van der Waals surface area contributed by atoms with Crippen LogP contribution in [0, 0.1) is 24.2 Å². The van der Waals surface area contributed by atoms with Crippen LogP contribution in [0.2, 0.25) is 0 Å². The van der Waals surface area contributed by atoms with Crippen LogP contribution < -0.4 is 4.90 Å². The van der Waals surface area contributed by atoms with E-state index in [1.807, 2.05) is 13.0 Å². The van der Waals surface area contributed by atoms with E-state index in [0.717, 1.165) is 30.5 Å². The topological polar surface area (TPSA) is 27.0 Å². The summed E-state index contributed by atoms with van der Waals surface area (Å²) in [5.74, 6) is 0.636. The Labute approximate surface area is 118 Å². The van der Waals surface area contributed by atoms with E-state index in [1.165, 1.54) is 5.69 Å². The molecule has 2 nitrogen and oxygen atoms in total. The third-order valence-electron chi connectivity index (χ3n) is 3.61. The van der Waals surface area contributed by atoms with Crippen molar-refractivity contribution in [3.8, 4) is 6.07 Å². The number of nitrogens with zero attached hydrogens (tertiary/aromatic N) is 2. The average Bonchev–Trinajstić information content (AvgIpc) is 2.38. The molecule has 1 aromatic carbocycles. The average molecular weight is 258 g/mol. The second kappa shape index (κ2) is 7.19. The highest BCUT2D eigenvalue weighted by Gasteiger charge is 2.17. The van der Waals surface area contributed by atoms with Gasteiger partial charge in [0, 0.05) is 18.3 Å². The maximum Gasteiger partial charge on any atom is 0.0994 e. The Bertz CT molecular complexity index is 439. The Morgan fingerprint density at radius 3 is 2.26 bits per heavy atom. The van der Waals surface area contributed by atoms with Crippen molar-refractivity contribution in [1.29, 1.82) is 5.26 Å². The van der Waals surface area contributed by atoms with E-state index in [0.29, 0.717) is 12.0 Å². The van der Waals surface area contributed by atoms with E-state index < -0.39 is 0 Å². The van der Waals surface area contributed by atoms with E-state index in [4.69, 9.17) is 5.26 Å². The summed E-state index contributed by atoms with van der Waals surface area (Å²) in [6.07, 6.45) is 2.31. The Morgan fingerprint density at radius 2 is 1.84 bits per heavy atom. The first kappa shape index (κ1) is 15.6. The summed E-state index contributed by atoms with van der Waals surface area (Å²) < 4.78 is 0. The molecule has 0 saturated heterocycles. The van der Waals surface area contributed by atoms with Crippen LogP contribution in [0.5, 0.6) is 0 Å². The fourth-order valence-corrected chi connectivity index (χ4v) is 2.54. The third-order valence-corrected chi connectivity index (χ3v) is 3.61. The van der Waals surface area contributed by atoms with Crippen LogP contribution in [0.25, 0.3) is 0 Å². The fourth-order valence-electron chi connectivity index (χ4n) is 2.54. The largest absolute Gasteiger partial charge is 0.368 e. The zero-order valence-electron chi connectivity index (χ0n) is 12.9. The molecule has 0 spiro atoms. The van der Waals surface area contributed by atoms with Crippen molar-refractivity contribution in [2.75, 3.05) is 11.4 Å². The molecule has 0 aliphatic rings. The molecule has 0 aromatic heterocycles. The van der Waals surface area contributed by atoms with Crippen molar-refractivity contribution in [3.05, 3.63) is 29.3 Å². The van der Waals surface area contributed by atoms with Crippen LogP contribution in [-0.4, -0.2) is 12.6 Å². The molecule has 0 N–H and O–H groups in total. The molecule has 0 radical (unpaired) electrons. The summed E-state index contributed by atoms with van der Waals surface area (Å²) in [6, 6.07) is 9.01. The summed E-state index contributed by atoms with van der Waals surface area (Å²) in [4.78, 5) is 2.50. The molecule has 0 aliphatic carbocycles. The Kier molecular flexibility index (Phi) is 5.89. The lowest BCUT2D eigenvalue weighted by molar-refractivity contribution is 0.507. The van der Waals surface area contributed by atoms with Crippen LogP contribution in [0.4, 0.5) is 5.69 Å². The van der Waals surface area contributed by atoms with Crippen LogP contribution in [0.3, 0.4) is 0 Å². The van der Waals surface area contributed by atoms with Gasteiger partial charge in [-0.25, -0.2) is 0 Å². The maximum atomic E-state index is 9.03. The minimum atomic E-state index is 0.578. The zero-order valence-corrected chi connectivity index (χ0v) is 12.9. The fraction of sp³-hybridized carbons (Fsp3) is 0.588. The van der Waals surface area contributed by atoms with E-state index in [9.17, 15) is 0 Å². The number of aryl methyl sites for hydroxylation is 1. The van der Waals surface area contributed by atoms with Crippen LogP contribution in [-0.2, 0) is 0 Å². The predicted molar refractivity (Wildman–Crippen MR) is 82.4 cm³/mol. The molecule has 0 atom stereocenters. The van der Waals surface area contributed by atoms with Gasteiger partial charge in [-0.1, -0.05) is 27.7 Å². The number of benzene rings is 1. The van der Waals surface area contributed by atoms with Gasteiger partial charge in [0.1, 0.15) is 0 Å². The van der Waals surface area contributed by atoms with Gasteiger partial charge in [-0.05, 0) is 49.4 Å². The lowest BCUT2D eigenvalue weighted by atomic mass is 10.0. The molecule has 0 amide bonds. The summed E-state index contributed by atoms with van der Waals surface area (Å²) in [5, 5.41) is 9.03. The molecule has 19 heavy (non-hydrogen) atoms. The number of rotatable bonds is 6. The molecule has 2 heteroatoms. The monoisotopic (exact) mass is 258 g/mol. The normalized spacial score (nSPS) is 10.8. The Morgan fingerprint density at radius 1 is 1.21 bits per heavy atom. The van der Waals surface area contributed by atoms with E-state index in [-0.39, 0.29) is 0 Å². The highest BCUT2D eigenvalue weighted by molar-refractivity contribution is 5.54. The smallest absolute Gasteiger partial charge is 0.0994 e. The molecule has 1 rings (SSSR count). The molecule has 1 aromatic rings. The van der Waals surface area contributed by atoms with Gasteiger partial charge in [-0.15, -0.1) is 0 Å². The van der Waals surface area contributed by atoms with Gasteiger partial charge in [0.2, 0.25) is 0 Å². The zero-order chi connectivity index (χ0) is 14.4. The van der Waals surface area contributed by atoms with Gasteiger partial charge in [-0.3, -0.25) is 0 Å². The number of nitriles is 1. The van der Waals surface area contributed by atoms with Crippen molar-refractivity contribution in [2.24, 2.45) is 5.92 Å². The van der Waals surface area contributed by atoms with Crippen molar-refractivity contribution in [2.45, 2.75) is 53.5 Å². The molecule has 104 valence electrons. The highest BCUT2D eigenvalue weighted by Crippen LogP contribution is 2.24. The van der Waals surface area contributed by atoms with Gasteiger partial charge in [0.25, 0.3) is 0 Å². The Balaban J connectivity index is 3.10. The van der Waals surface area contributed by atoms with Crippen molar-refractivity contribution in [3.63, 3.8) is 0 Å². The summed E-state index contributed by atoms with van der Waals surface area (Å²) in [7, 11) is 0. The first-order valence-electron chi connectivity index (χ1n) is 7.30. The third kappa shape index (κ3) is 3.99. The van der Waals surface area contributed by atoms with Gasteiger partial charge in [0.05, 0.1) is 11.6 Å². The summed E-state index contributed by atoms with van der Waals surface area (Å²) >= 11 is 0. The molecule has 0 heterocycles. The van der Waals surface area contributed by atoms with Gasteiger partial charge in [-0.2, -0.15) is 5.26 Å². The van der Waals surface area contributed by atoms with Gasteiger partial charge in [0.15, 0.2) is 0 Å². The molecule has 0 unspecified atom stereocenters. The quantitative estimate of drug-likeness (QED) is 0.750. The number of hydrogen-bond acceptors (Lipinski definition) is 2. The lowest BCUT2D eigenvalue weighted by Gasteiger charge is -2.34. The molecular formula is C17H26N2. The van der Waals surface area contributed by atoms with Crippen molar-refractivity contribution < 1.29 is 0 Å². The first-order chi connectivity index (χ1) is 9.03. The SMILES string of the molecule is CCC(CC)N(CC(C)C)c1ccc(C#N)c(C)c1. The van der Waals surface area contributed by atoms with E-state index in [1.54, 1.807) is 0 Å². The van der Waals surface area contributed by atoms with Gasteiger partial charge >= 0.3 is 0 Å².